The molecule has 8 heteroatoms. The maximum Gasteiger partial charge on any atom is 0.273 e. The van der Waals surface area contributed by atoms with E-state index in [4.69, 9.17) is 5.14 Å². The first-order chi connectivity index (χ1) is 10.9. The Bertz CT molecular complexity index is 974. The van der Waals surface area contributed by atoms with Crippen LogP contribution in [0.2, 0.25) is 0 Å². The number of aromatic nitrogens is 2. The Morgan fingerprint density at radius 2 is 1.65 bits per heavy atom. The molecule has 0 aliphatic heterocycles. The predicted molar refractivity (Wildman–Crippen MR) is 87.5 cm³/mol. The van der Waals surface area contributed by atoms with E-state index in [0.717, 1.165) is 5.69 Å². The van der Waals surface area contributed by atoms with Crippen LogP contribution in [0.5, 0.6) is 0 Å². The second kappa shape index (κ2) is 5.75. The number of benzene rings is 2. The van der Waals surface area contributed by atoms with Crippen molar-refractivity contribution in [2.45, 2.75) is 4.90 Å². The number of hydrogen-bond acceptors (Lipinski definition) is 4. The third kappa shape index (κ3) is 3.33. The average Bonchev–Trinajstić information content (AvgIpc) is 2.88. The van der Waals surface area contributed by atoms with Gasteiger partial charge in [0.1, 0.15) is 5.82 Å². The molecule has 118 valence electrons. The number of para-hydroxylation sites is 1. The van der Waals surface area contributed by atoms with Crippen molar-refractivity contribution in [2.24, 2.45) is 5.14 Å². The third-order valence-corrected chi connectivity index (χ3v) is 4.13. The van der Waals surface area contributed by atoms with Gasteiger partial charge in [-0.1, -0.05) is 18.2 Å². The van der Waals surface area contributed by atoms with Gasteiger partial charge in [0.25, 0.3) is 5.56 Å². The number of H-pyrrole nitrogens is 1. The van der Waals surface area contributed by atoms with E-state index in [2.05, 4.69) is 10.4 Å². The summed E-state index contributed by atoms with van der Waals surface area (Å²) >= 11 is 0. The molecule has 0 amide bonds. The van der Waals surface area contributed by atoms with Gasteiger partial charge < -0.3 is 5.32 Å². The minimum absolute atomic E-state index is 0.0263. The second-order valence-corrected chi connectivity index (χ2v) is 6.43. The number of sulfonamides is 1. The molecule has 2 aromatic carbocycles. The first kappa shape index (κ1) is 15.1. The molecule has 0 saturated carbocycles. The second-order valence-electron chi connectivity index (χ2n) is 4.87. The van der Waals surface area contributed by atoms with Crippen LogP contribution in [-0.4, -0.2) is 18.2 Å². The van der Waals surface area contributed by atoms with E-state index in [-0.39, 0.29) is 10.5 Å². The van der Waals surface area contributed by atoms with Crippen LogP contribution in [0.25, 0.3) is 5.69 Å². The zero-order chi connectivity index (χ0) is 16.4. The highest BCUT2D eigenvalue weighted by Gasteiger charge is 2.08. The van der Waals surface area contributed by atoms with Gasteiger partial charge in [0.15, 0.2) is 0 Å². The molecule has 4 N–H and O–H groups in total. The third-order valence-electron chi connectivity index (χ3n) is 3.20. The quantitative estimate of drug-likeness (QED) is 0.674. The monoisotopic (exact) mass is 330 g/mol. The topological polar surface area (TPSA) is 110 Å². The molecule has 0 bridgehead atoms. The van der Waals surface area contributed by atoms with Crippen LogP contribution in [0.3, 0.4) is 0 Å². The molecule has 0 atom stereocenters. The number of nitrogens with one attached hydrogen (secondary N) is 2. The Morgan fingerprint density at radius 3 is 2.26 bits per heavy atom. The van der Waals surface area contributed by atoms with Crippen LogP contribution in [0.4, 0.5) is 11.5 Å². The molecular weight excluding hydrogens is 316 g/mol. The molecule has 3 rings (SSSR count). The van der Waals surface area contributed by atoms with E-state index in [1.54, 1.807) is 12.1 Å². The predicted octanol–water partition coefficient (Wildman–Crippen LogP) is 1.56. The maximum atomic E-state index is 12.0. The summed E-state index contributed by atoms with van der Waals surface area (Å²) in [6.45, 7) is 0. The smallest absolute Gasteiger partial charge is 0.273 e. The Kier molecular flexibility index (Phi) is 3.77. The summed E-state index contributed by atoms with van der Waals surface area (Å²) in [6, 6.07) is 16.5. The number of primary sulfonamides is 1. The van der Waals surface area contributed by atoms with Crippen molar-refractivity contribution < 1.29 is 8.42 Å². The van der Waals surface area contributed by atoms with Gasteiger partial charge in [-0.15, -0.1) is 0 Å². The molecule has 0 aliphatic carbocycles. The minimum Gasteiger partial charge on any atom is -0.341 e. The van der Waals surface area contributed by atoms with Crippen LogP contribution < -0.4 is 16.0 Å². The van der Waals surface area contributed by atoms with E-state index in [1.807, 2.05) is 30.3 Å². The molecule has 3 aromatic rings. The molecule has 0 spiro atoms. The number of nitrogens with two attached hydrogens (primary N) is 1. The van der Waals surface area contributed by atoms with Gasteiger partial charge >= 0.3 is 0 Å². The lowest BCUT2D eigenvalue weighted by molar-refractivity contribution is 0.598. The van der Waals surface area contributed by atoms with Gasteiger partial charge in [-0.05, 0) is 36.4 Å². The zero-order valence-corrected chi connectivity index (χ0v) is 12.7. The standard InChI is InChI=1S/C15H14N4O3S/c16-23(21,22)13-8-6-11(7-9-13)17-14-10-15(20)19(18-14)12-4-2-1-3-5-12/h1-10,17-18H,(H2,16,21,22). The van der Waals surface area contributed by atoms with Crippen LogP contribution in [-0.2, 0) is 10.0 Å². The number of hydrogen-bond donors (Lipinski definition) is 3. The highest BCUT2D eigenvalue weighted by molar-refractivity contribution is 7.89. The highest BCUT2D eigenvalue weighted by Crippen LogP contribution is 2.16. The number of anilines is 2. The van der Waals surface area contributed by atoms with Crippen molar-refractivity contribution in [1.82, 2.24) is 9.78 Å². The lowest BCUT2D eigenvalue weighted by Crippen LogP contribution is -2.12. The normalized spacial score (nSPS) is 11.3. The lowest BCUT2D eigenvalue weighted by Gasteiger charge is -2.05. The molecule has 7 nitrogen and oxygen atoms in total. The summed E-state index contributed by atoms with van der Waals surface area (Å²) < 4.78 is 23.8. The molecule has 0 fully saturated rings. The van der Waals surface area contributed by atoms with E-state index in [9.17, 15) is 13.2 Å². The number of rotatable bonds is 4. The number of nitrogens with zero attached hydrogens (tertiary/aromatic N) is 1. The van der Waals surface area contributed by atoms with Gasteiger partial charge in [-0.2, -0.15) is 0 Å². The average molecular weight is 330 g/mol. The first-order valence-electron chi connectivity index (χ1n) is 6.71. The van der Waals surface area contributed by atoms with Gasteiger partial charge in [0.2, 0.25) is 10.0 Å². The Balaban J connectivity index is 1.86. The fourth-order valence-corrected chi connectivity index (χ4v) is 2.63. The molecular formula is C15H14N4O3S. The maximum absolute atomic E-state index is 12.0. The minimum atomic E-state index is -3.72. The Morgan fingerprint density at radius 1 is 1.00 bits per heavy atom. The largest absolute Gasteiger partial charge is 0.341 e. The van der Waals surface area contributed by atoms with Crippen molar-refractivity contribution in [3.63, 3.8) is 0 Å². The summed E-state index contributed by atoms with van der Waals surface area (Å²) in [4.78, 5) is 12.0. The molecule has 1 heterocycles. The molecule has 0 unspecified atom stereocenters. The summed E-state index contributed by atoms with van der Waals surface area (Å²) in [5, 5.41) is 11.0. The van der Waals surface area contributed by atoms with Gasteiger partial charge in [-0.25, -0.2) is 18.2 Å². The molecule has 0 saturated heterocycles. The Labute approximate surface area is 132 Å². The van der Waals surface area contributed by atoms with E-state index in [0.29, 0.717) is 11.5 Å². The number of aromatic amines is 1. The highest BCUT2D eigenvalue weighted by atomic mass is 32.2. The van der Waals surface area contributed by atoms with Crippen molar-refractivity contribution in [2.75, 3.05) is 5.32 Å². The first-order valence-corrected chi connectivity index (χ1v) is 8.25. The summed E-state index contributed by atoms with van der Waals surface area (Å²) in [5.74, 6) is 0.488. The van der Waals surface area contributed by atoms with Gasteiger partial charge in [0.05, 0.1) is 10.6 Å². The Hall–Kier alpha value is -2.84. The molecule has 23 heavy (non-hydrogen) atoms. The van der Waals surface area contributed by atoms with E-state index in [1.165, 1.54) is 22.9 Å². The summed E-state index contributed by atoms with van der Waals surface area (Å²) in [5.41, 5.74) is 1.13. The SMILES string of the molecule is NS(=O)(=O)c1ccc(Nc2cc(=O)n(-c3ccccc3)[nH]2)cc1. The van der Waals surface area contributed by atoms with E-state index < -0.39 is 10.0 Å². The molecule has 0 aliphatic rings. The zero-order valence-electron chi connectivity index (χ0n) is 11.9. The summed E-state index contributed by atoms with van der Waals surface area (Å²) in [6.07, 6.45) is 0. The van der Waals surface area contributed by atoms with Crippen LogP contribution in [0.1, 0.15) is 0 Å². The van der Waals surface area contributed by atoms with Crippen LogP contribution in [0, 0.1) is 0 Å². The van der Waals surface area contributed by atoms with Crippen molar-refractivity contribution in [3.05, 3.63) is 71.0 Å². The van der Waals surface area contributed by atoms with Gasteiger partial charge in [0, 0.05) is 11.8 Å². The van der Waals surface area contributed by atoms with Crippen molar-refractivity contribution >= 4 is 21.5 Å². The molecule has 0 radical (unpaired) electrons. The van der Waals surface area contributed by atoms with Crippen molar-refractivity contribution in [1.29, 1.82) is 0 Å². The van der Waals surface area contributed by atoms with Crippen molar-refractivity contribution in [3.8, 4) is 5.69 Å². The lowest BCUT2D eigenvalue weighted by atomic mass is 10.3. The van der Waals surface area contributed by atoms with Crippen LogP contribution in [0.15, 0.2) is 70.4 Å². The fourth-order valence-electron chi connectivity index (χ4n) is 2.11. The molecule has 1 aromatic heterocycles. The fraction of sp³-hybridized carbons (Fsp3) is 0. The van der Waals surface area contributed by atoms with Crippen LogP contribution >= 0.6 is 0 Å². The van der Waals surface area contributed by atoms with Gasteiger partial charge in [-0.3, -0.25) is 9.89 Å². The summed E-state index contributed by atoms with van der Waals surface area (Å²) in [7, 11) is -3.72. The van der Waals surface area contributed by atoms with E-state index >= 15 is 0 Å².